The number of hydrogen-bond acceptors (Lipinski definition) is 2. The van der Waals surface area contributed by atoms with Gasteiger partial charge in [0.1, 0.15) is 5.75 Å². The van der Waals surface area contributed by atoms with Crippen LogP contribution in [0.15, 0.2) is 16.6 Å². The van der Waals surface area contributed by atoms with Crippen LogP contribution in [0.25, 0.3) is 0 Å². The molecule has 76 valence electrons. The number of rotatable bonds is 3. The van der Waals surface area contributed by atoms with Crippen molar-refractivity contribution in [3.05, 3.63) is 27.2 Å². The van der Waals surface area contributed by atoms with Gasteiger partial charge in [-0.15, -0.1) is 11.6 Å². The molecule has 14 heavy (non-hydrogen) atoms. The minimum atomic E-state index is -0.210. The summed E-state index contributed by atoms with van der Waals surface area (Å²) in [6.07, 6.45) is 0. The Bertz CT molecular complexity index is 366. The summed E-state index contributed by atoms with van der Waals surface area (Å²) in [5, 5.41) is 0.378. The molecular weight excluding hydrogens is 291 g/mol. The number of carbonyl (C=O) groups is 1. The zero-order valence-electron chi connectivity index (χ0n) is 7.31. The molecule has 1 rings (SSSR count). The molecule has 0 saturated heterocycles. The van der Waals surface area contributed by atoms with E-state index in [-0.39, 0.29) is 11.7 Å². The van der Waals surface area contributed by atoms with Gasteiger partial charge in [-0.05, 0) is 28.1 Å². The summed E-state index contributed by atoms with van der Waals surface area (Å²) in [5.74, 6) is 0.0542. The van der Waals surface area contributed by atoms with Gasteiger partial charge in [0.25, 0.3) is 0 Å². The third-order valence-corrected chi connectivity index (χ3v) is 3.18. The van der Waals surface area contributed by atoms with E-state index < -0.39 is 0 Å². The van der Waals surface area contributed by atoms with Crippen molar-refractivity contribution >= 4 is 44.9 Å². The molecule has 0 radical (unpaired) electrons. The molecule has 0 bridgehead atoms. The Morgan fingerprint density at radius 2 is 2.21 bits per heavy atom. The molecule has 0 aliphatic rings. The van der Waals surface area contributed by atoms with Gasteiger partial charge in [-0.2, -0.15) is 0 Å². The van der Waals surface area contributed by atoms with Gasteiger partial charge >= 0.3 is 0 Å². The highest BCUT2D eigenvalue weighted by atomic mass is 79.9. The van der Waals surface area contributed by atoms with E-state index in [1.165, 1.54) is 7.11 Å². The van der Waals surface area contributed by atoms with E-state index >= 15 is 0 Å². The highest BCUT2D eigenvalue weighted by Crippen LogP contribution is 2.35. The second kappa shape index (κ2) is 5.01. The van der Waals surface area contributed by atoms with E-state index in [2.05, 4.69) is 15.9 Å². The van der Waals surface area contributed by atoms with Crippen LogP contribution in [-0.2, 0) is 0 Å². The van der Waals surface area contributed by atoms with E-state index in [4.69, 9.17) is 27.9 Å². The summed E-state index contributed by atoms with van der Waals surface area (Å²) >= 11 is 14.6. The normalized spacial score (nSPS) is 10.0. The van der Waals surface area contributed by atoms with Crippen LogP contribution in [0.1, 0.15) is 10.4 Å². The maximum atomic E-state index is 11.4. The molecule has 0 N–H and O–H groups in total. The van der Waals surface area contributed by atoms with Crippen LogP contribution in [0.4, 0.5) is 0 Å². The molecule has 0 aliphatic carbocycles. The van der Waals surface area contributed by atoms with Crippen molar-refractivity contribution in [2.24, 2.45) is 0 Å². The first kappa shape index (κ1) is 11.8. The molecule has 0 atom stereocenters. The van der Waals surface area contributed by atoms with Crippen LogP contribution in [0.2, 0.25) is 5.02 Å². The Balaban J connectivity index is 3.31. The molecule has 1 aromatic rings. The molecule has 0 saturated carbocycles. The molecule has 0 aliphatic heterocycles. The van der Waals surface area contributed by atoms with E-state index in [0.717, 1.165) is 0 Å². The molecular formula is C9H7BrCl2O2. The lowest BCUT2D eigenvalue weighted by atomic mass is 10.1. The topological polar surface area (TPSA) is 26.3 Å². The van der Waals surface area contributed by atoms with Crippen molar-refractivity contribution in [1.29, 1.82) is 0 Å². The summed E-state index contributed by atoms with van der Waals surface area (Å²) in [6.45, 7) is 0. The minimum Gasteiger partial charge on any atom is -0.494 e. The number of hydrogen-bond donors (Lipinski definition) is 0. The fraction of sp³-hybridized carbons (Fsp3) is 0.222. The van der Waals surface area contributed by atoms with Crippen molar-refractivity contribution in [2.45, 2.75) is 0 Å². The fourth-order valence-electron chi connectivity index (χ4n) is 1.02. The number of ketones is 1. The average molecular weight is 298 g/mol. The Hall–Kier alpha value is -0.250. The van der Waals surface area contributed by atoms with E-state index in [1.54, 1.807) is 12.1 Å². The van der Waals surface area contributed by atoms with Gasteiger partial charge in [-0.1, -0.05) is 11.6 Å². The number of alkyl halides is 1. The summed E-state index contributed by atoms with van der Waals surface area (Å²) in [4.78, 5) is 11.4. The summed E-state index contributed by atoms with van der Waals surface area (Å²) in [6, 6.07) is 3.31. The number of methoxy groups -OCH3 is 1. The Morgan fingerprint density at radius 3 is 2.71 bits per heavy atom. The molecule has 0 spiro atoms. The second-order valence-corrected chi connectivity index (χ2v) is 4.00. The van der Waals surface area contributed by atoms with Crippen LogP contribution < -0.4 is 4.74 Å². The third kappa shape index (κ3) is 2.22. The summed E-state index contributed by atoms with van der Waals surface area (Å²) in [7, 11) is 1.46. The first-order valence-electron chi connectivity index (χ1n) is 3.73. The van der Waals surface area contributed by atoms with Gasteiger partial charge in [0.2, 0.25) is 0 Å². The summed E-state index contributed by atoms with van der Waals surface area (Å²) < 4.78 is 5.72. The van der Waals surface area contributed by atoms with Crippen LogP contribution in [0.5, 0.6) is 5.75 Å². The van der Waals surface area contributed by atoms with E-state index in [9.17, 15) is 4.79 Å². The Kier molecular flexibility index (Phi) is 4.23. The van der Waals surface area contributed by atoms with Crippen LogP contribution in [0.3, 0.4) is 0 Å². The molecule has 0 heterocycles. The van der Waals surface area contributed by atoms with Crippen molar-refractivity contribution in [2.75, 3.05) is 13.0 Å². The maximum Gasteiger partial charge on any atom is 0.181 e. The van der Waals surface area contributed by atoms with Crippen LogP contribution in [-0.4, -0.2) is 18.8 Å². The first-order valence-corrected chi connectivity index (χ1v) is 5.43. The second-order valence-electron chi connectivity index (χ2n) is 2.50. The van der Waals surface area contributed by atoms with Crippen molar-refractivity contribution in [3.8, 4) is 5.75 Å². The summed E-state index contributed by atoms with van der Waals surface area (Å²) in [5.41, 5.74) is 0.399. The fourth-order valence-corrected chi connectivity index (χ4v) is 1.72. The van der Waals surface area contributed by atoms with Gasteiger partial charge in [-0.3, -0.25) is 4.79 Å². The van der Waals surface area contributed by atoms with Gasteiger partial charge in [-0.25, -0.2) is 0 Å². The molecule has 0 unspecified atom stereocenters. The van der Waals surface area contributed by atoms with Gasteiger partial charge in [0.05, 0.1) is 23.6 Å². The number of ether oxygens (including phenoxy) is 1. The number of benzene rings is 1. The predicted octanol–water partition coefficient (Wildman–Crippen LogP) is 3.53. The SMILES string of the molecule is COc1c(C(=O)CCl)ccc(Br)c1Cl. The van der Waals surface area contributed by atoms with Crippen molar-refractivity contribution in [1.82, 2.24) is 0 Å². The first-order chi connectivity index (χ1) is 6.61. The quantitative estimate of drug-likeness (QED) is 0.630. The Labute approximate surface area is 100 Å². The highest BCUT2D eigenvalue weighted by Gasteiger charge is 2.15. The maximum absolute atomic E-state index is 11.4. The van der Waals surface area contributed by atoms with Gasteiger partial charge < -0.3 is 4.74 Å². The van der Waals surface area contributed by atoms with Gasteiger partial charge in [0.15, 0.2) is 5.78 Å². The van der Waals surface area contributed by atoms with E-state index in [0.29, 0.717) is 20.8 Å². The molecule has 0 amide bonds. The lowest BCUT2D eigenvalue weighted by molar-refractivity contribution is 0.101. The van der Waals surface area contributed by atoms with Gasteiger partial charge in [0, 0.05) is 4.47 Å². The highest BCUT2D eigenvalue weighted by molar-refractivity contribution is 9.10. The lowest BCUT2D eigenvalue weighted by Gasteiger charge is -2.09. The molecule has 5 heteroatoms. The van der Waals surface area contributed by atoms with Crippen molar-refractivity contribution < 1.29 is 9.53 Å². The predicted molar refractivity (Wildman–Crippen MR) is 60.8 cm³/mol. The standard InChI is InChI=1S/C9H7BrCl2O2/c1-14-9-5(7(13)4-11)2-3-6(10)8(9)12/h2-3H,4H2,1H3. The Morgan fingerprint density at radius 1 is 1.57 bits per heavy atom. The largest absolute Gasteiger partial charge is 0.494 e. The third-order valence-electron chi connectivity index (χ3n) is 1.68. The van der Waals surface area contributed by atoms with Crippen molar-refractivity contribution in [3.63, 3.8) is 0 Å². The average Bonchev–Trinajstić information content (AvgIpc) is 2.20. The molecule has 0 aromatic heterocycles. The lowest BCUT2D eigenvalue weighted by Crippen LogP contribution is -2.03. The molecule has 2 nitrogen and oxygen atoms in total. The zero-order chi connectivity index (χ0) is 10.7. The monoisotopic (exact) mass is 296 g/mol. The molecule has 0 fully saturated rings. The number of carbonyl (C=O) groups excluding carboxylic acids is 1. The molecule has 1 aromatic carbocycles. The van der Waals surface area contributed by atoms with Crippen LogP contribution in [0, 0.1) is 0 Å². The minimum absolute atomic E-state index is 0.0890. The smallest absolute Gasteiger partial charge is 0.181 e. The number of Topliss-reactive ketones (excluding diaryl/α,β-unsaturated/α-hetero) is 1. The number of halogens is 3. The van der Waals surface area contributed by atoms with E-state index in [1.807, 2.05) is 0 Å². The zero-order valence-corrected chi connectivity index (χ0v) is 10.4. The van der Waals surface area contributed by atoms with Crippen LogP contribution >= 0.6 is 39.1 Å².